The Morgan fingerprint density at radius 1 is 1.05 bits per heavy atom. The molecule has 1 aromatic heterocycles. The van der Waals surface area contributed by atoms with Crippen molar-refractivity contribution in [3.63, 3.8) is 0 Å². The van der Waals surface area contributed by atoms with Crippen molar-refractivity contribution in [1.82, 2.24) is 15.6 Å². The summed E-state index contributed by atoms with van der Waals surface area (Å²) >= 11 is 0. The standard InChI is InChI=1S/C19H21N5O5.C6H10O3/c1-11(25)23-17(8-12-9-21-15-5-3-2-4-14(12)15)18(27)24-16(19(28)29)7-6-13(26)10-22-20;1-2-3-4-5(7)6(8)9/h2-5,9-10,16-17,21H,6-8H2,1H3,(H,23,25)(H,24,27)(H,28,29);2-4H2,1H3,(H,8,9). The maximum atomic E-state index is 12.7. The second kappa shape index (κ2) is 16.2. The number of aromatic nitrogens is 1. The van der Waals surface area contributed by atoms with E-state index >= 15 is 0 Å². The quantitative estimate of drug-likeness (QED) is 0.103. The van der Waals surface area contributed by atoms with E-state index in [2.05, 4.69) is 20.4 Å². The number of carbonyl (C=O) groups excluding carboxylic acids is 4. The van der Waals surface area contributed by atoms with E-state index in [1.807, 2.05) is 31.2 Å². The van der Waals surface area contributed by atoms with E-state index in [9.17, 15) is 33.9 Å². The van der Waals surface area contributed by atoms with Crippen LogP contribution in [0.4, 0.5) is 0 Å². The Labute approximate surface area is 218 Å². The number of para-hydroxylation sites is 1. The van der Waals surface area contributed by atoms with Crippen molar-refractivity contribution < 1.29 is 43.8 Å². The average molecular weight is 530 g/mol. The molecule has 0 spiro atoms. The molecule has 2 unspecified atom stereocenters. The van der Waals surface area contributed by atoms with Crippen LogP contribution in [0.5, 0.6) is 0 Å². The van der Waals surface area contributed by atoms with Gasteiger partial charge in [0.1, 0.15) is 12.1 Å². The zero-order valence-corrected chi connectivity index (χ0v) is 21.1. The van der Waals surface area contributed by atoms with E-state index < -0.39 is 47.4 Å². The molecule has 0 saturated heterocycles. The van der Waals surface area contributed by atoms with Crippen LogP contribution in [0.1, 0.15) is 51.5 Å². The van der Waals surface area contributed by atoms with Crippen LogP contribution in [0.3, 0.4) is 0 Å². The topological polar surface area (TPSA) is 219 Å². The Morgan fingerprint density at radius 2 is 1.74 bits per heavy atom. The Bertz CT molecular complexity index is 1220. The number of H-pyrrole nitrogens is 1. The predicted octanol–water partition coefficient (Wildman–Crippen LogP) is 1.26. The van der Waals surface area contributed by atoms with Crippen LogP contribution in [-0.4, -0.2) is 73.6 Å². The third-order valence-electron chi connectivity index (χ3n) is 5.28. The molecule has 5 N–H and O–H groups in total. The molecule has 13 heteroatoms. The fourth-order valence-corrected chi connectivity index (χ4v) is 3.36. The van der Waals surface area contributed by atoms with Gasteiger partial charge in [-0.2, -0.15) is 4.79 Å². The molecule has 13 nitrogen and oxygen atoms in total. The lowest BCUT2D eigenvalue weighted by atomic mass is 10.0. The summed E-state index contributed by atoms with van der Waals surface area (Å²) < 4.78 is 0. The highest BCUT2D eigenvalue weighted by atomic mass is 16.4. The third kappa shape index (κ3) is 11.0. The first kappa shape index (κ1) is 31.4. The predicted molar refractivity (Wildman–Crippen MR) is 135 cm³/mol. The van der Waals surface area contributed by atoms with Gasteiger partial charge >= 0.3 is 18.2 Å². The number of carboxylic acids is 2. The number of hydrogen-bond acceptors (Lipinski definition) is 6. The van der Waals surface area contributed by atoms with Gasteiger partial charge in [0.15, 0.2) is 0 Å². The van der Waals surface area contributed by atoms with Gasteiger partial charge in [-0.25, -0.2) is 9.59 Å². The minimum Gasteiger partial charge on any atom is -0.480 e. The van der Waals surface area contributed by atoms with Crippen molar-refractivity contribution >= 4 is 52.4 Å². The number of aliphatic carboxylic acids is 2. The van der Waals surface area contributed by atoms with Crippen molar-refractivity contribution in [2.24, 2.45) is 0 Å². The number of nitrogens with one attached hydrogen (secondary N) is 3. The zero-order chi connectivity index (χ0) is 28.7. The van der Waals surface area contributed by atoms with Gasteiger partial charge in [-0.05, 0) is 24.5 Å². The molecule has 0 saturated carbocycles. The number of hydrogen-bond donors (Lipinski definition) is 5. The number of nitrogens with zero attached hydrogens (tertiary/aromatic N) is 2. The lowest BCUT2D eigenvalue weighted by Crippen LogP contribution is -2.52. The molecule has 2 atom stereocenters. The molecule has 38 heavy (non-hydrogen) atoms. The lowest BCUT2D eigenvalue weighted by Gasteiger charge is -2.20. The summed E-state index contributed by atoms with van der Waals surface area (Å²) in [6.07, 6.45) is 3.83. The molecular weight excluding hydrogens is 498 g/mol. The molecule has 204 valence electrons. The maximum absolute atomic E-state index is 12.7. The minimum atomic E-state index is -1.34. The third-order valence-corrected chi connectivity index (χ3v) is 5.28. The molecule has 0 fully saturated rings. The zero-order valence-electron chi connectivity index (χ0n) is 21.1. The van der Waals surface area contributed by atoms with Gasteiger partial charge < -0.3 is 31.4 Å². The number of carbonyl (C=O) groups is 6. The van der Waals surface area contributed by atoms with E-state index in [0.717, 1.165) is 22.9 Å². The molecular formula is C25H31N5O8. The van der Waals surface area contributed by atoms with Crippen LogP contribution >= 0.6 is 0 Å². The largest absolute Gasteiger partial charge is 0.480 e. The number of unbranched alkanes of at least 4 members (excludes halogenated alkanes) is 1. The molecule has 0 aliphatic heterocycles. The number of amides is 2. The molecule has 1 heterocycles. The Balaban J connectivity index is 0.000000686. The number of Topliss-reactive ketones (excluding diaryl/α,β-unsaturated/α-hetero) is 2. The number of ketones is 2. The van der Waals surface area contributed by atoms with Crippen LogP contribution in [0.2, 0.25) is 0 Å². The number of carboxylic acid groups (broad SMARTS) is 2. The molecule has 0 aliphatic rings. The van der Waals surface area contributed by atoms with Crippen molar-refractivity contribution in [3.05, 3.63) is 41.6 Å². The summed E-state index contributed by atoms with van der Waals surface area (Å²) in [7, 11) is 0. The lowest BCUT2D eigenvalue weighted by molar-refractivity contribution is -0.149. The second-order valence-electron chi connectivity index (χ2n) is 8.30. The average Bonchev–Trinajstić information content (AvgIpc) is 3.27. The minimum absolute atomic E-state index is 0.151. The smallest absolute Gasteiger partial charge is 0.372 e. The Morgan fingerprint density at radius 3 is 2.32 bits per heavy atom. The monoisotopic (exact) mass is 529 g/mol. The number of aromatic amines is 1. The maximum Gasteiger partial charge on any atom is 0.372 e. The number of rotatable bonds is 14. The Hall–Kier alpha value is -4.64. The normalized spacial score (nSPS) is 11.6. The summed E-state index contributed by atoms with van der Waals surface area (Å²) in [4.78, 5) is 72.9. The number of fused-ring (bicyclic) bond motifs is 1. The highest BCUT2D eigenvalue weighted by Gasteiger charge is 2.27. The summed E-state index contributed by atoms with van der Waals surface area (Å²) in [6, 6.07) is 5.12. The van der Waals surface area contributed by atoms with Gasteiger partial charge in [0.05, 0.1) is 0 Å². The fraction of sp³-hybridized carbons (Fsp3) is 0.400. The number of benzene rings is 1. The molecule has 2 rings (SSSR count). The molecule has 2 aromatic rings. The summed E-state index contributed by atoms with van der Waals surface area (Å²) in [6.45, 7) is 3.17. The summed E-state index contributed by atoms with van der Waals surface area (Å²) in [5, 5.41) is 23.2. The highest BCUT2D eigenvalue weighted by Crippen LogP contribution is 2.19. The molecule has 2 amide bonds. The van der Waals surface area contributed by atoms with Crippen molar-refractivity contribution in [2.75, 3.05) is 0 Å². The van der Waals surface area contributed by atoms with Gasteiger partial charge in [0.25, 0.3) is 0 Å². The van der Waals surface area contributed by atoms with Gasteiger partial charge in [-0.3, -0.25) is 19.2 Å². The van der Waals surface area contributed by atoms with Crippen molar-refractivity contribution in [1.29, 1.82) is 0 Å². The van der Waals surface area contributed by atoms with Crippen LogP contribution in [0.15, 0.2) is 30.5 Å². The van der Waals surface area contributed by atoms with Crippen molar-refractivity contribution in [3.8, 4) is 0 Å². The van der Waals surface area contributed by atoms with Crippen LogP contribution in [-0.2, 0) is 35.2 Å². The van der Waals surface area contributed by atoms with Crippen LogP contribution in [0, 0.1) is 0 Å². The summed E-state index contributed by atoms with van der Waals surface area (Å²) in [5.74, 6) is -5.02. The van der Waals surface area contributed by atoms with Gasteiger partial charge in [0, 0.05) is 43.3 Å². The van der Waals surface area contributed by atoms with Crippen LogP contribution in [0.25, 0.3) is 16.4 Å². The first-order valence-corrected chi connectivity index (χ1v) is 11.8. The van der Waals surface area contributed by atoms with Crippen molar-refractivity contribution in [2.45, 2.75) is 64.5 Å². The second-order valence-corrected chi connectivity index (χ2v) is 8.30. The van der Waals surface area contributed by atoms with Gasteiger partial charge in [-0.1, -0.05) is 31.5 Å². The first-order valence-electron chi connectivity index (χ1n) is 11.8. The van der Waals surface area contributed by atoms with E-state index in [1.165, 1.54) is 6.92 Å². The SMILES string of the molecule is CC(=O)NC(Cc1c[nH]c2ccccc12)C(=O)NC(CCC(=O)C=[N+]=[N-])C(=O)O.CCCCC(=O)C(=O)O. The van der Waals surface area contributed by atoms with Gasteiger partial charge in [-0.15, -0.1) is 0 Å². The van der Waals surface area contributed by atoms with E-state index in [4.69, 9.17) is 10.6 Å². The molecule has 0 aliphatic carbocycles. The van der Waals surface area contributed by atoms with E-state index in [0.29, 0.717) is 12.6 Å². The summed E-state index contributed by atoms with van der Waals surface area (Å²) in [5.41, 5.74) is 9.99. The van der Waals surface area contributed by atoms with E-state index in [1.54, 1.807) is 6.20 Å². The molecule has 0 radical (unpaired) electrons. The first-order chi connectivity index (χ1) is 18.0. The van der Waals surface area contributed by atoms with Crippen LogP contribution < -0.4 is 10.6 Å². The fourth-order valence-electron chi connectivity index (χ4n) is 3.36. The molecule has 0 bridgehead atoms. The van der Waals surface area contributed by atoms with E-state index in [-0.39, 0.29) is 25.7 Å². The van der Waals surface area contributed by atoms with Gasteiger partial charge in [0.2, 0.25) is 23.4 Å². The highest BCUT2D eigenvalue weighted by molar-refractivity contribution is 6.32. The molecule has 1 aromatic carbocycles. The Kier molecular flexibility index (Phi) is 13.4.